The molecule has 2 heterocycles. The highest BCUT2D eigenvalue weighted by Crippen LogP contribution is 2.29. The maximum atomic E-state index is 11.9. The predicted molar refractivity (Wildman–Crippen MR) is 93.2 cm³/mol. The lowest BCUT2D eigenvalue weighted by Crippen LogP contribution is -2.22. The molecule has 1 aliphatic rings. The van der Waals surface area contributed by atoms with Crippen LogP contribution in [0, 0.1) is 12.8 Å². The van der Waals surface area contributed by atoms with Crippen LogP contribution < -0.4 is 5.32 Å². The number of nitrogens with zero attached hydrogens (tertiary/aromatic N) is 1. The normalized spacial score (nSPS) is 15.3. The zero-order valence-electron chi connectivity index (χ0n) is 12.9. The second-order valence-corrected chi connectivity index (χ2v) is 8.21. The van der Waals surface area contributed by atoms with Gasteiger partial charge in [-0.25, -0.2) is 4.98 Å². The molecule has 3 rings (SSSR count). The summed E-state index contributed by atoms with van der Waals surface area (Å²) in [5.41, 5.74) is 1.05. The van der Waals surface area contributed by atoms with Crippen molar-refractivity contribution in [2.24, 2.45) is 5.92 Å². The molecule has 1 amide bonds. The van der Waals surface area contributed by atoms with E-state index < -0.39 is 0 Å². The van der Waals surface area contributed by atoms with Gasteiger partial charge in [0, 0.05) is 16.7 Å². The van der Waals surface area contributed by atoms with Crippen LogP contribution in [0.15, 0.2) is 17.5 Å². The van der Waals surface area contributed by atoms with Crippen LogP contribution in [0.2, 0.25) is 0 Å². The zero-order valence-corrected chi connectivity index (χ0v) is 14.6. The zero-order chi connectivity index (χ0) is 15.4. The Hall–Kier alpha value is -1.20. The first kappa shape index (κ1) is 15.7. The number of thiophene rings is 1. The molecule has 0 bridgehead atoms. The lowest BCUT2D eigenvalue weighted by atomic mass is 10.0. The van der Waals surface area contributed by atoms with Crippen LogP contribution in [-0.4, -0.2) is 10.9 Å². The van der Waals surface area contributed by atoms with E-state index in [1.165, 1.54) is 35.4 Å². The smallest absolute Gasteiger partial charge is 0.220 e. The molecular formula is C17H22N2OS2. The molecule has 1 saturated carbocycles. The monoisotopic (exact) mass is 334 g/mol. The standard InChI is InChI=1S/C17H22N2OS2/c1-12-19-15(11-21-12)16-8-7-14(22-16)10-18-17(20)9-6-13-4-2-3-5-13/h7-8,11,13H,2-6,9-10H2,1H3,(H,18,20). The molecule has 5 heteroatoms. The van der Waals surface area contributed by atoms with Crippen molar-refractivity contribution in [1.29, 1.82) is 0 Å². The second kappa shape index (κ2) is 7.38. The molecule has 0 radical (unpaired) electrons. The average molecular weight is 335 g/mol. The number of carbonyl (C=O) groups excluding carboxylic acids is 1. The Kier molecular flexibility index (Phi) is 5.26. The van der Waals surface area contributed by atoms with Gasteiger partial charge in [0.05, 0.1) is 22.1 Å². The van der Waals surface area contributed by atoms with E-state index in [0.717, 1.165) is 23.0 Å². The minimum Gasteiger partial charge on any atom is -0.351 e. The first-order chi connectivity index (χ1) is 10.7. The van der Waals surface area contributed by atoms with E-state index in [1.807, 2.05) is 6.92 Å². The van der Waals surface area contributed by atoms with Crippen molar-refractivity contribution in [1.82, 2.24) is 10.3 Å². The molecule has 0 spiro atoms. The molecule has 0 atom stereocenters. The van der Waals surface area contributed by atoms with Crippen molar-refractivity contribution in [2.45, 2.75) is 52.0 Å². The Morgan fingerprint density at radius 3 is 2.91 bits per heavy atom. The minimum absolute atomic E-state index is 0.186. The van der Waals surface area contributed by atoms with Gasteiger partial charge in [0.2, 0.25) is 5.91 Å². The van der Waals surface area contributed by atoms with Gasteiger partial charge in [-0.3, -0.25) is 4.79 Å². The number of thiazole rings is 1. The first-order valence-electron chi connectivity index (χ1n) is 7.98. The number of hydrogen-bond donors (Lipinski definition) is 1. The van der Waals surface area contributed by atoms with Crippen molar-refractivity contribution in [3.63, 3.8) is 0 Å². The lowest BCUT2D eigenvalue weighted by molar-refractivity contribution is -0.121. The molecule has 0 aliphatic heterocycles. The van der Waals surface area contributed by atoms with E-state index in [-0.39, 0.29) is 5.91 Å². The fraction of sp³-hybridized carbons (Fsp3) is 0.529. The van der Waals surface area contributed by atoms with Crippen molar-refractivity contribution >= 4 is 28.6 Å². The summed E-state index contributed by atoms with van der Waals surface area (Å²) < 4.78 is 0. The van der Waals surface area contributed by atoms with E-state index in [1.54, 1.807) is 22.7 Å². The van der Waals surface area contributed by atoms with Crippen LogP contribution >= 0.6 is 22.7 Å². The van der Waals surface area contributed by atoms with Crippen LogP contribution in [0.5, 0.6) is 0 Å². The van der Waals surface area contributed by atoms with Gasteiger partial charge in [-0.15, -0.1) is 22.7 Å². The summed E-state index contributed by atoms with van der Waals surface area (Å²) in [7, 11) is 0. The van der Waals surface area contributed by atoms with Gasteiger partial charge >= 0.3 is 0 Å². The van der Waals surface area contributed by atoms with Crippen LogP contribution in [0.25, 0.3) is 10.6 Å². The Morgan fingerprint density at radius 2 is 2.18 bits per heavy atom. The SMILES string of the molecule is Cc1nc(-c2ccc(CNC(=O)CCC3CCCC3)s2)cs1. The van der Waals surface area contributed by atoms with Crippen molar-refractivity contribution < 1.29 is 4.79 Å². The molecular weight excluding hydrogens is 312 g/mol. The van der Waals surface area contributed by atoms with Gasteiger partial charge in [-0.05, 0) is 31.4 Å². The van der Waals surface area contributed by atoms with Crippen LogP contribution in [0.4, 0.5) is 0 Å². The van der Waals surface area contributed by atoms with Gasteiger partial charge in [-0.2, -0.15) is 0 Å². The predicted octanol–water partition coefficient (Wildman–Crippen LogP) is 4.77. The summed E-state index contributed by atoms with van der Waals surface area (Å²) >= 11 is 3.39. The van der Waals surface area contributed by atoms with Crippen molar-refractivity contribution in [3.05, 3.63) is 27.4 Å². The maximum Gasteiger partial charge on any atom is 0.220 e. The summed E-state index contributed by atoms with van der Waals surface area (Å²) in [4.78, 5) is 18.8. The van der Waals surface area contributed by atoms with Crippen LogP contribution in [0.3, 0.4) is 0 Å². The largest absolute Gasteiger partial charge is 0.351 e. The molecule has 0 aromatic carbocycles. The number of aromatic nitrogens is 1. The van der Waals surface area contributed by atoms with Gasteiger partial charge in [0.1, 0.15) is 0 Å². The average Bonchev–Trinajstić information content (AvgIpc) is 3.24. The summed E-state index contributed by atoms with van der Waals surface area (Å²) in [6.07, 6.45) is 7.05. The van der Waals surface area contributed by atoms with E-state index in [2.05, 4.69) is 27.8 Å². The van der Waals surface area contributed by atoms with E-state index in [4.69, 9.17) is 0 Å². The first-order valence-corrected chi connectivity index (χ1v) is 9.68. The molecule has 0 saturated heterocycles. The van der Waals surface area contributed by atoms with E-state index in [0.29, 0.717) is 13.0 Å². The number of aryl methyl sites for hydroxylation is 1. The molecule has 1 fully saturated rings. The number of hydrogen-bond acceptors (Lipinski definition) is 4. The molecule has 0 unspecified atom stereocenters. The van der Waals surface area contributed by atoms with Crippen LogP contribution in [0.1, 0.15) is 48.4 Å². The summed E-state index contributed by atoms with van der Waals surface area (Å²) in [6.45, 7) is 2.66. The quantitative estimate of drug-likeness (QED) is 0.827. The highest BCUT2D eigenvalue weighted by molar-refractivity contribution is 7.16. The topological polar surface area (TPSA) is 42.0 Å². The third-order valence-electron chi connectivity index (χ3n) is 4.25. The Labute approximate surface area is 139 Å². The van der Waals surface area contributed by atoms with Gasteiger partial charge < -0.3 is 5.32 Å². The second-order valence-electron chi connectivity index (χ2n) is 5.98. The number of amides is 1. The third-order valence-corrected chi connectivity index (χ3v) is 6.13. The van der Waals surface area contributed by atoms with Crippen molar-refractivity contribution in [2.75, 3.05) is 0 Å². The van der Waals surface area contributed by atoms with Gasteiger partial charge in [-0.1, -0.05) is 25.7 Å². The third kappa shape index (κ3) is 4.17. The van der Waals surface area contributed by atoms with Gasteiger partial charge in [0.15, 0.2) is 0 Å². The maximum absolute atomic E-state index is 11.9. The highest BCUT2D eigenvalue weighted by atomic mass is 32.1. The molecule has 1 aliphatic carbocycles. The molecule has 22 heavy (non-hydrogen) atoms. The molecule has 3 nitrogen and oxygen atoms in total. The molecule has 1 N–H and O–H groups in total. The molecule has 2 aromatic heterocycles. The Balaban J connectivity index is 1.45. The number of nitrogens with one attached hydrogen (secondary N) is 1. The Morgan fingerprint density at radius 1 is 1.36 bits per heavy atom. The number of carbonyl (C=O) groups is 1. The van der Waals surface area contributed by atoms with Crippen LogP contribution in [-0.2, 0) is 11.3 Å². The molecule has 118 valence electrons. The fourth-order valence-corrected chi connectivity index (χ4v) is 4.59. The van der Waals surface area contributed by atoms with Crippen molar-refractivity contribution in [3.8, 4) is 10.6 Å². The number of rotatable bonds is 6. The lowest BCUT2D eigenvalue weighted by Gasteiger charge is -2.08. The summed E-state index contributed by atoms with van der Waals surface area (Å²) in [6, 6.07) is 4.19. The molecule has 2 aromatic rings. The minimum atomic E-state index is 0.186. The highest BCUT2D eigenvalue weighted by Gasteiger charge is 2.16. The summed E-state index contributed by atoms with van der Waals surface area (Å²) in [5.74, 6) is 0.971. The van der Waals surface area contributed by atoms with E-state index in [9.17, 15) is 4.79 Å². The fourth-order valence-electron chi connectivity index (χ4n) is 3.00. The Bertz CT molecular complexity index is 626. The van der Waals surface area contributed by atoms with E-state index >= 15 is 0 Å². The van der Waals surface area contributed by atoms with Gasteiger partial charge in [0.25, 0.3) is 0 Å². The summed E-state index contributed by atoms with van der Waals surface area (Å²) in [5, 5.41) is 6.22.